The zero-order valence-electron chi connectivity index (χ0n) is 20.9. The average molecular weight is 595 g/mol. The fourth-order valence-corrected chi connectivity index (χ4v) is 5.99. The summed E-state index contributed by atoms with van der Waals surface area (Å²) in [6.07, 6.45) is 0. The number of hydrogen-bond donors (Lipinski definition) is 2. The smallest absolute Gasteiger partial charge is 0.301 e. The lowest BCUT2D eigenvalue weighted by atomic mass is 9.93. The number of rotatable bonds is 5. The zero-order valence-corrected chi connectivity index (χ0v) is 23.3. The maximum atomic E-state index is 13.6. The Morgan fingerprint density at radius 3 is 2.53 bits per heavy atom. The minimum absolute atomic E-state index is 0.0832. The van der Waals surface area contributed by atoms with Crippen LogP contribution in [0.15, 0.2) is 58.6 Å². The van der Waals surface area contributed by atoms with Crippen LogP contribution in [0.25, 0.3) is 16.0 Å². The van der Waals surface area contributed by atoms with Crippen molar-refractivity contribution in [3.05, 3.63) is 80.8 Å². The summed E-state index contributed by atoms with van der Waals surface area (Å²) in [4.78, 5) is 33.1. The molecule has 1 aromatic heterocycles. The second-order valence-corrected chi connectivity index (χ2v) is 10.7. The predicted octanol–water partition coefficient (Wildman–Crippen LogP) is 6.02. The van der Waals surface area contributed by atoms with Crippen LogP contribution in [0.1, 0.15) is 28.3 Å². The number of phenols is 1. The van der Waals surface area contributed by atoms with Crippen molar-refractivity contribution < 1.29 is 29.3 Å². The number of aromatic nitrogens is 1. The number of aromatic hydroxyl groups is 1. The number of hydrogen-bond acceptors (Lipinski definition) is 8. The van der Waals surface area contributed by atoms with Gasteiger partial charge in [0, 0.05) is 5.56 Å². The minimum Gasteiger partial charge on any atom is -0.507 e. The second-order valence-electron chi connectivity index (χ2n) is 8.87. The molecule has 4 aromatic rings. The quantitative estimate of drug-likeness (QED) is 0.165. The Morgan fingerprint density at radius 2 is 1.82 bits per heavy atom. The molecule has 1 unspecified atom stereocenters. The molecule has 0 bridgehead atoms. The third-order valence-corrected chi connectivity index (χ3v) is 8.09. The summed E-state index contributed by atoms with van der Waals surface area (Å²) in [7, 11) is 2.96. The molecule has 1 amide bonds. The average Bonchev–Trinajstić information content (AvgIpc) is 3.44. The van der Waals surface area contributed by atoms with E-state index in [9.17, 15) is 19.8 Å². The van der Waals surface area contributed by atoms with Crippen molar-refractivity contribution in [3.63, 3.8) is 0 Å². The molecule has 8 nitrogen and oxygen atoms in total. The number of thiazole rings is 1. The number of aliphatic hydroxyl groups is 1. The Balaban J connectivity index is 1.79. The summed E-state index contributed by atoms with van der Waals surface area (Å²) in [6.45, 7) is 3.70. The lowest BCUT2D eigenvalue weighted by Gasteiger charge is -2.24. The molecule has 38 heavy (non-hydrogen) atoms. The van der Waals surface area contributed by atoms with Gasteiger partial charge in [0.25, 0.3) is 5.78 Å². The first-order valence-electron chi connectivity index (χ1n) is 11.5. The summed E-state index contributed by atoms with van der Waals surface area (Å²) in [5.41, 5.74) is 3.07. The van der Waals surface area contributed by atoms with Crippen LogP contribution in [-0.2, 0) is 9.59 Å². The van der Waals surface area contributed by atoms with Crippen LogP contribution in [0.2, 0.25) is 0 Å². The number of halogens is 1. The molecule has 1 saturated heterocycles. The Labute approximate surface area is 230 Å². The summed E-state index contributed by atoms with van der Waals surface area (Å²) in [5.74, 6) is -1.31. The van der Waals surface area contributed by atoms with Crippen molar-refractivity contribution in [2.45, 2.75) is 19.9 Å². The van der Waals surface area contributed by atoms with E-state index in [2.05, 4.69) is 20.9 Å². The van der Waals surface area contributed by atoms with Crippen molar-refractivity contribution in [3.8, 4) is 17.2 Å². The van der Waals surface area contributed by atoms with Crippen LogP contribution in [0.5, 0.6) is 17.2 Å². The van der Waals surface area contributed by atoms with Gasteiger partial charge in [0.15, 0.2) is 16.6 Å². The van der Waals surface area contributed by atoms with Crippen LogP contribution in [0.3, 0.4) is 0 Å². The number of nitrogens with zero attached hydrogens (tertiary/aromatic N) is 2. The summed E-state index contributed by atoms with van der Waals surface area (Å²) >= 11 is 4.56. The van der Waals surface area contributed by atoms with Gasteiger partial charge >= 0.3 is 5.91 Å². The molecule has 194 valence electrons. The van der Waals surface area contributed by atoms with Gasteiger partial charge in [-0.3, -0.25) is 14.5 Å². The topological polar surface area (TPSA) is 109 Å². The Hall–Kier alpha value is -3.89. The Kier molecular flexibility index (Phi) is 6.62. The van der Waals surface area contributed by atoms with Crippen LogP contribution >= 0.6 is 27.3 Å². The van der Waals surface area contributed by atoms with E-state index in [0.717, 1.165) is 15.8 Å². The first kappa shape index (κ1) is 25.7. The Bertz CT molecular complexity index is 1660. The van der Waals surface area contributed by atoms with E-state index in [0.29, 0.717) is 26.9 Å². The molecule has 2 heterocycles. The molecule has 3 aromatic carbocycles. The van der Waals surface area contributed by atoms with Crippen molar-refractivity contribution in [1.82, 2.24) is 4.98 Å². The predicted molar refractivity (Wildman–Crippen MR) is 149 cm³/mol. The number of carbonyl (C=O) groups is 2. The number of benzene rings is 3. The van der Waals surface area contributed by atoms with Crippen molar-refractivity contribution in [2.24, 2.45) is 0 Å². The van der Waals surface area contributed by atoms with E-state index in [1.54, 1.807) is 37.4 Å². The summed E-state index contributed by atoms with van der Waals surface area (Å²) in [6, 6.07) is 12.9. The number of ketones is 1. The van der Waals surface area contributed by atoms with Gasteiger partial charge in [-0.1, -0.05) is 29.0 Å². The Morgan fingerprint density at radius 1 is 1.05 bits per heavy atom. The normalized spacial score (nSPS) is 16.9. The van der Waals surface area contributed by atoms with Crippen LogP contribution in [0.4, 0.5) is 5.13 Å². The van der Waals surface area contributed by atoms with Gasteiger partial charge in [0.1, 0.15) is 11.5 Å². The van der Waals surface area contributed by atoms with E-state index in [1.165, 1.54) is 29.4 Å². The highest BCUT2D eigenvalue weighted by atomic mass is 79.9. The van der Waals surface area contributed by atoms with Gasteiger partial charge in [0.05, 0.1) is 40.5 Å². The van der Waals surface area contributed by atoms with E-state index in [4.69, 9.17) is 9.47 Å². The van der Waals surface area contributed by atoms with Crippen LogP contribution < -0.4 is 14.4 Å². The molecular formula is C28H23BrN2O6S. The molecule has 10 heteroatoms. The highest BCUT2D eigenvalue weighted by molar-refractivity contribution is 9.10. The number of anilines is 1. The standard InChI is InChI=1S/C28H23BrN2O6S/c1-13-5-6-14(2)17(9-13)24(32)22-23(15-10-18(29)25(33)20(11-15)37-4)31(27(35)26(22)34)28-30-19-8-7-16(36-3)12-21(19)38-28/h5-12,23,32-33H,1-4H3/b24-22+. The molecule has 5 rings (SSSR count). The van der Waals surface area contributed by atoms with Gasteiger partial charge in [-0.05, 0) is 77.3 Å². The maximum Gasteiger partial charge on any atom is 0.301 e. The number of fused-ring (bicyclic) bond motifs is 1. The van der Waals surface area contributed by atoms with Gasteiger partial charge in [-0.25, -0.2) is 4.98 Å². The fourth-order valence-electron chi connectivity index (χ4n) is 4.51. The minimum atomic E-state index is -1.04. The van der Waals surface area contributed by atoms with E-state index in [1.807, 2.05) is 26.0 Å². The van der Waals surface area contributed by atoms with Crippen molar-refractivity contribution in [2.75, 3.05) is 19.1 Å². The molecule has 0 spiro atoms. The molecular weight excluding hydrogens is 572 g/mol. The molecule has 1 aliphatic rings. The largest absolute Gasteiger partial charge is 0.507 e. The summed E-state index contributed by atoms with van der Waals surface area (Å²) < 4.78 is 11.7. The monoisotopic (exact) mass is 594 g/mol. The SMILES string of the molecule is COc1ccc2nc(N3C(=O)C(=O)/C(=C(/O)c4cc(C)ccc4C)C3c3cc(Br)c(O)c(OC)c3)sc2c1. The fraction of sp³-hybridized carbons (Fsp3) is 0.179. The van der Waals surface area contributed by atoms with Crippen LogP contribution in [-0.4, -0.2) is 41.1 Å². The number of ether oxygens (including phenoxy) is 2. The first-order valence-corrected chi connectivity index (χ1v) is 13.1. The van der Waals surface area contributed by atoms with Crippen molar-refractivity contribution in [1.29, 1.82) is 0 Å². The van der Waals surface area contributed by atoms with Crippen LogP contribution in [0, 0.1) is 13.8 Å². The van der Waals surface area contributed by atoms with Gasteiger partial charge in [0.2, 0.25) is 0 Å². The number of Topliss-reactive ketones (excluding diaryl/α,β-unsaturated/α-hetero) is 1. The molecule has 1 aliphatic heterocycles. The number of carbonyl (C=O) groups excluding carboxylic acids is 2. The van der Waals surface area contributed by atoms with E-state index >= 15 is 0 Å². The molecule has 0 radical (unpaired) electrons. The van der Waals surface area contributed by atoms with Gasteiger partial charge in [-0.2, -0.15) is 0 Å². The lowest BCUT2D eigenvalue weighted by Crippen LogP contribution is -2.29. The number of aryl methyl sites for hydroxylation is 2. The number of phenolic OH excluding ortho intramolecular Hbond substituents is 1. The molecule has 1 atom stereocenters. The first-order chi connectivity index (χ1) is 18.1. The second kappa shape index (κ2) is 9.77. The molecule has 2 N–H and O–H groups in total. The molecule has 1 fully saturated rings. The van der Waals surface area contributed by atoms with E-state index in [-0.39, 0.29) is 28.0 Å². The van der Waals surface area contributed by atoms with Crippen molar-refractivity contribution >= 4 is 60.1 Å². The molecule has 0 saturated carbocycles. The highest BCUT2D eigenvalue weighted by Gasteiger charge is 2.48. The zero-order chi connectivity index (χ0) is 27.3. The number of methoxy groups -OCH3 is 2. The summed E-state index contributed by atoms with van der Waals surface area (Å²) in [5, 5.41) is 22.2. The maximum absolute atomic E-state index is 13.6. The third kappa shape index (κ3) is 4.19. The highest BCUT2D eigenvalue weighted by Crippen LogP contribution is 2.47. The van der Waals surface area contributed by atoms with Gasteiger partial charge < -0.3 is 19.7 Å². The van der Waals surface area contributed by atoms with E-state index < -0.39 is 17.7 Å². The molecule has 0 aliphatic carbocycles. The third-order valence-electron chi connectivity index (χ3n) is 6.47. The lowest BCUT2D eigenvalue weighted by molar-refractivity contribution is -0.132. The number of amides is 1. The number of aliphatic hydroxyl groups excluding tert-OH is 1. The van der Waals surface area contributed by atoms with Gasteiger partial charge in [-0.15, -0.1) is 0 Å².